The summed E-state index contributed by atoms with van der Waals surface area (Å²) in [7, 11) is 0. The second-order valence-corrected chi connectivity index (χ2v) is 2.86. The summed E-state index contributed by atoms with van der Waals surface area (Å²) in [4.78, 5) is 10.9. The monoisotopic (exact) mass is 124 g/mol. The van der Waals surface area contributed by atoms with Gasteiger partial charge in [0, 0.05) is 6.42 Å². The Morgan fingerprint density at radius 2 is 2.33 bits per heavy atom. The van der Waals surface area contributed by atoms with E-state index >= 15 is 0 Å². The van der Waals surface area contributed by atoms with Gasteiger partial charge in [-0.3, -0.25) is 4.79 Å². The number of carbonyl (C=O) groups is 1. The third-order valence-corrected chi connectivity index (χ3v) is 1.80. The highest BCUT2D eigenvalue weighted by molar-refractivity contribution is 5.95. The van der Waals surface area contributed by atoms with Gasteiger partial charge in [0.05, 0.1) is 0 Å². The molecule has 0 aromatic rings. The lowest BCUT2D eigenvalue weighted by Crippen LogP contribution is -2.11. The fourth-order valence-electron chi connectivity index (χ4n) is 1.05. The lowest BCUT2D eigenvalue weighted by atomic mass is 9.91. The van der Waals surface area contributed by atoms with Gasteiger partial charge in [-0.2, -0.15) is 0 Å². The molecule has 0 amide bonds. The largest absolute Gasteiger partial charge is 0.295 e. The van der Waals surface area contributed by atoms with Gasteiger partial charge in [-0.15, -0.1) is 0 Å². The molecule has 0 N–H and O–H groups in total. The minimum absolute atomic E-state index is 0.328. The second-order valence-electron chi connectivity index (χ2n) is 2.86. The molecule has 1 aliphatic carbocycles. The summed E-state index contributed by atoms with van der Waals surface area (Å²) >= 11 is 0. The Balaban J connectivity index is 2.68. The fraction of sp³-hybridized carbons (Fsp3) is 0.625. The van der Waals surface area contributed by atoms with Crippen LogP contribution in [-0.2, 0) is 4.79 Å². The zero-order valence-corrected chi connectivity index (χ0v) is 5.98. The lowest BCUT2D eigenvalue weighted by Gasteiger charge is -2.13. The van der Waals surface area contributed by atoms with Crippen LogP contribution in [0.25, 0.3) is 0 Å². The van der Waals surface area contributed by atoms with E-state index in [-0.39, 0.29) is 0 Å². The zero-order chi connectivity index (χ0) is 6.85. The van der Waals surface area contributed by atoms with Crippen molar-refractivity contribution in [1.29, 1.82) is 0 Å². The van der Waals surface area contributed by atoms with Crippen LogP contribution in [0.1, 0.15) is 26.7 Å². The van der Waals surface area contributed by atoms with Crippen LogP contribution in [0, 0.1) is 5.92 Å². The maximum Gasteiger partial charge on any atom is 0.158 e. The van der Waals surface area contributed by atoms with E-state index < -0.39 is 0 Å². The van der Waals surface area contributed by atoms with Gasteiger partial charge in [0.25, 0.3) is 0 Å². The van der Waals surface area contributed by atoms with Crippen molar-refractivity contribution in [1.82, 2.24) is 0 Å². The smallest absolute Gasteiger partial charge is 0.158 e. The molecule has 9 heavy (non-hydrogen) atoms. The van der Waals surface area contributed by atoms with Gasteiger partial charge in [-0.1, -0.05) is 13.0 Å². The van der Waals surface area contributed by atoms with Crippen molar-refractivity contribution < 1.29 is 4.79 Å². The molecular weight excluding hydrogens is 112 g/mol. The molecule has 1 rings (SSSR count). The summed E-state index contributed by atoms with van der Waals surface area (Å²) in [5.74, 6) is 0.898. The van der Waals surface area contributed by atoms with Crippen LogP contribution in [0.5, 0.6) is 0 Å². The third-order valence-electron chi connectivity index (χ3n) is 1.80. The third kappa shape index (κ3) is 1.41. The Morgan fingerprint density at radius 3 is 2.78 bits per heavy atom. The molecular formula is C8H12O. The van der Waals surface area contributed by atoms with Gasteiger partial charge in [-0.05, 0) is 24.8 Å². The molecule has 1 heteroatoms. The number of rotatable bonds is 0. The first kappa shape index (κ1) is 6.53. The summed E-state index contributed by atoms with van der Waals surface area (Å²) in [6, 6.07) is 0. The van der Waals surface area contributed by atoms with E-state index in [0.717, 1.165) is 18.4 Å². The fourth-order valence-corrected chi connectivity index (χ4v) is 1.05. The predicted octanol–water partition coefficient (Wildman–Crippen LogP) is 1.93. The molecule has 0 spiro atoms. The van der Waals surface area contributed by atoms with E-state index in [1.807, 2.05) is 13.0 Å². The highest BCUT2D eigenvalue weighted by Crippen LogP contribution is 2.18. The maximum atomic E-state index is 10.9. The molecule has 1 nitrogen and oxygen atoms in total. The Morgan fingerprint density at radius 1 is 1.67 bits per heavy atom. The molecule has 0 fully saturated rings. The molecule has 0 unspecified atom stereocenters. The van der Waals surface area contributed by atoms with Crippen LogP contribution in [-0.4, -0.2) is 5.78 Å². The SMILES string of the molecule is CC1=CC[C@@H](C)CC1=O. The van der Waals surface area contributed by atoms with Crippen molar-refractivity contribution in [2.24, 2.45) is 5.92 Å². The second kappa shape index (κ2) is 2.34. The van der Waals surface area contributed by atoms with E-state index in [2.05, 4.69) is 6.92 Å². The van der Waals surface area contributed by atoms with Crippen LogP contribution < -0.4 is 0 Å². The number of hydrogen-bond donors (Lipinski definition) is 0. The van der Waals surface area contributed by atoms with E-state index in [1.165, 1.54) is 0 Å². The first-order chi connectivity index (χ1) is 4.20. The van der Waals surface area contributed by atoms with Gasteiger partial charge < -0.3 is 0 Å². The van der Waals surface area contributed by atoms with Crippen LogP contribution >= 0.6 is 0 Å². The normalized spacial score (nSPS) is 28.0. The maximum absolute atomic E-state index is 10.9. The predicted molar refractivity (Wildman–Crippen MR) is 37.2 cm³/mol. The summed E-state index contributed by atoms with van der Waals surface area (Å²) in [6.45, 7) is 4.01. The highest BCUT2D eigenvalue weighted by atomic mass is 16.1. The average Bonchev–Trinajstić information content (AvgIpc) is 1.80. The Labute approximate surface area is 55.8 Å². The van der Waals surface area contributed by atoms with Crippen molar-refractivity contribution in [2.75, 3.05) is 0 Å². The van der Waals surface area contributed by atoms with Crippen molar-refractivity contribution in [3.05, 3.63) is 11.6 Å². The number of Topliss-reactive ketones (excluding diaryl/α,β-unsaturated/α-hetero) is 1. The first-order valence-corrected chi connectivity index (χ1v) is 3.40. The van der Waals surface area contributed by atoms with Gasteiger partial charge in [0.1, 0.15) is 0 Å². The molecule has 0 aliphatic heterocycles. The Hall–Kier alpha value is -0.590. The molecule has 50 valence electrons. The Kier molecular flexibility index (Phi) is 1.70. The number of allylic oxidation sites excluding steroid dienone is 2. The quantitative estimate of drug-likeness (QED) is 0.482. The van der Waals surface area contributed by atoms with Crippen LogP contribution in [0.2, 0.25) is 0 Å². The van der Waals surface area contributed by atoms with Crippen molar-refractivity contribution >= 4 is 5.78 Å². The first-order valence-electron chi connectivity index (χ1n) is 3.40. The van der Waals surface area contributed by atoms with Gasteiger partial charge in [-0.25, -0.2) is 0 Å². The zero-order valence-electron chi connectivity index (χ0n) is 5.98. The van der Waals surface area contributed by atoms with E-state index in [9.17, 15) is 4.79 Å². The number of carbonyl (C=O) groups excluding carboxylic acids is 1. The van der Waals surface area contributed by atoms with Gasteiger partial charge >= 0.3 is 0 Å². The van der Waals surface area contributed by atoms with Crippen LogP contribution in [0.15, 0.2) is 11.6 Å². The standard InChI is InChI=1S/C8H12O/c1-6-3-4-7(2)8(9)5-6/h4,6H,3,5H2,1-2H3/t6-/m1/s1. The van der Waals surface area contributed by atoms with E-state index in [0.29, 0.717) is 11.7 Å². The van der Waals surface area contributed by atoms with E-state index in [4.69, 9.17) is 0 Å². The topological polar surface area (TPSA) is 17.1 Å². The number of hydrogen-bond acceptors (Lipinski definition) is 1. The minimum Gasteiger partial charge on any atom is -0.295 e. The highest BCUT2D eigenvalue weighted by Gasteiger charge is 2.14. The molecule has 0 saturated carbocycles. The van der Waals surface area contributed by atoms with Crippen molar-refractivity contribution in [3.63, 3.8) is 0 Å². The van der Waals surface area contributed by atoms with Crippen LogP contribution in [0.4, 0.5) is 0 Å². The van der Waals surface area contributed by atoms with Crippen LogP contribution in [0.3, 0.4) is 0 Å². The Bertz CT molecular complexity index is 156. The molecule has 0 aromatic carbocycles. The molecule has 0 heterocycles. The minimum atomic E-state index is 0.328. The average molecular weight is 124 g/mol. The van der Waals surface area contributed by atoms with Gasteiger partial charge in [0.2, 0.25) is 0 Å². The summed E-state index contributed by atoms with van der Waals surface area (Å²) < 4.78 is 0. The van der Waals surface area contributed by atoms with Crippen molar-refractivity contribution in [2.45, 2.75) is 26.7 Å². The molecule has 0 radical (unpaired) electrons. The molecule has 1 aliphatic rings. The summed E-state index contributed by atoms with van der Waals surface area (Å²) in [6.07, 6.45) is 3.87. The number of ketones is 1. The molecule has 0 bridgehead atoms. The van der Waals surface area contributed by atoms with Crippen molar-refractivity contribution in [3.8, 4) is 0 Å². The van der Waals surface area contributed by atoms with E-state index in [1.54, 1.807) is 0 Å². The molecule has 1 atom stereocenters. The van der Waals surface area contributed by atoms with Gasteiger partial charge in [0.15, 0.2) is 5.78 Å². The molecule has 0 aromatic heterocycles. The lowest BCUT2D eigenvalue weighted by molar-refractivity contribution is -0.116. The molecule has 0 saturated heterocycles. The summed E-state index contributed by atoms with van der Waals surface area (Å²) in [5, 5.41) is 0. The summed E-state index contributed by atoms with van der Waals surface area (Å²) in [5.41, 5.74) is 0.952.